The van der Waals surface area contributed by atoms with E-state index in [1.165, 1.54) is 29.8 Å². The summed E-state index contributed by atoms with van der Waals surface area (Å²) in [7, 11) is 2.01. The number of imidazole rings is 1. The zero-order valence-electron chi connectivity index (χ0n) is 16.3. The van der Waals surface area contributed by atoms with Crippen molar-refractivity contribution >= 4 is 5.91 Å². The van der Waals surface area contributed by atoms with Crippen LogP contribution in [0, 0.1) is 18.8 Å². The molecule has 0 spiro atoms. The Morgan fingerprint density at radius 2 is 2.12 bits per heavy atom. The molecule has 0 bridgehead atoms. The summed E-state index contributed by atoms with van der Waals surface area (Å²) < 4.78 is 4.30. The summed E-state index contributed by atoms with van der Waals surface area (Å²) in [5, 5.41) is 4.81. The summed E-state index contributed by atoms with van der Waals surface area (Å²) in [5.74, 6) is 2.38. The van der Waals surface area contributed by atoms with E-state index in [-0.39, 0.29) is 5.91 Å². The van der Waals surface area contributed by atoms with Crippen LogP contribution in [0.25, 0.3) is 11.5 Å². The zero-order valence-corrected chi connectivity index (χ0v) is 16.3. The van der Waals surface area contributed by atoms with Crippen molar-refractivity contribution in [3.8, 4) is 11.5 Å². The zero-order chi connectivity index (χ0) is 18.4. The van der Waals surface area contributed by atoms with Gasteiger partial charge in [-0.15, -0.1) is 0 Å². The minimum Gasteiger partial charge on any atom is -0.338 e. The molecule has 4 rings (SSSR count). The maximum atomic E-state index is 12.6. The first-order valence-corrected chi connectivity index (χ1v) is 9.79. The molecule has 1 aliphatic heterocycles. The molecule has 26 heavy (non-hydrogen) atoms. The fourth-order valence-electron chi connectivity index (χ4n) is 3.90. The second-order valence-corrected chi connectivity index (χ2v) is 8.34. The quantitative estimate of drug-likeness (QED) is 0.829. The number of aryl methyl sites for hydroxylation is 2. The molecule has 0 aromatic carbocycles. The van der Waals surface area contributed by atoms with Gasteiger partial charge in [-0.3, -0.25) is 9.48 Å². The average Bonchev–Trinajstić information content (AvgIpc) is 3.27. The van der Waals surface area contributed by atoms with E-state index < -0.39 is 0 Å². The predicted octanol–water partition coefficient (Wildman–Crippen LogP) is 2.93. The lowest BCUT2D eigenvalue weighted by molar-refractivity contribution is -0.132. The van der Waals surface area contributed by atoms with Gasteiger partial charge in [0, 0.05) is 62.7 Å². The van der Waals surface area contributed by atoms with Crippen LogP contribution >= 0.6 is 0 Å². The van der Waals surface area contributed by atoms with Gasteiger partial charge in [-0.2, -0.15) is 5.10 Å². The van der Waals surface area contributed by atoms with Gasteiger partial charge in [0.1, 0.15) is 5.69 Å². The van der Waals surface area contributed by atoms with Gasteiger partial charge in [-0.05, 0) is 31.6 Å². The number of rotatable bonds is 5. The number of hydrogen-bond donors (Lipinski definition) is 0. The van der Waals surface area contributed by atoms with E-state index in [9.17, 15) is 4.79 Å². The van der Waals surface area contributed by atoms with E-state index in [4.69, 9.17) is 10.1 Å². The molecular weight excluding hydrogens is 326 g/mol. The third-order valence-corrected chi connectivity index (χ3v) is 5.58. The van der Waals surface area contributed by atoms with Crippen LogP contribution in [-0.4, -0.2) is 36.7 Å². The van der Waals surface area contributed by atoms with Crippen LogP contribution in [-0.2, 0) is 31.4 Å². The molecule has 0 atom stereocenters. The molecule has 1 amide bonds. The van der Waals surface area contributed by atoms with E-state index in [2.05, 4.69) is 25.3 Å². The summed E-state index contributed by atoms with van der Waals surface area (Å²) in [6.45, 7) is 8.78. The van der Waals surface area contributed by atoms with Crippen LogP contribution in [0.15, 0.2) is 6.20 Å². The highest BCUT2D eigenvalue weighted by atomic mass is 16.2. The molecule has 1 fully saturated rings. The molecular formula is C20H29N5O. The molecule has 2 aliphatic rings. The normalized spacial score (nSPS) is 17.0. The van der Waals surface area contributed by atoms with Gasteiger partial charge in [-0.25, -0.2) is 4.98 Å². The standard InChI is InChI=1S/C20H29N5O/c1-13(2)9-18(26)24-8-7-17-16(12-24)19(22-23(17)4)20-21-10-14(3)25(20)11-15-5-6-15/h10,13,15H,5-9,11-12H2,1-4H3. The van der Waals surface area contributed by atoms with Crippen LogP contribution in [0.2, 0.25) is 0 Å². The molecule has 2 aromatic rings. The van der Waals surface area contributed by atoms with Crippen molar-refractivity contribution < 1.29 is 4.79 Å². The smallest absolute Gasteiger partial charge is 0.223 e. The Balaban J connectivity index is 1.67. The second kappa shape index (κ2) is 6.56. The lowest BCUT2D eigenvalue weighted by Gasteiger charge is -2.28. The van der Waals surface area contributed by atoms with E-state index in [1.807, 2.05) is 22.8 Å². The predicted molar refractivity (Wildman–Crippen MR) is 100 cm³/mol. The molecule has 0 radical (unpaired) electrons. The van der Waals surface area contributed by atoms with Gasteiger partial charge in [0.15, 0.2) is 5.82 Å². The first-order chi connectivity index (χ1) is 12.4. The molecule has 6 nitrogen and oxygen atoms in total. The van der Waals surface area contributed by atoms with Gasteiger partial charge >= 0.3 is 0 Å². The van der Waals surface area contributed by atoms with Gasteiger partial charge in [0.25, 0.3) is 0 Å². The average molecular weight is 355 g/mol. The van der Waals surface area contributed by atoms with Gasteiger partial charge < -0.3 is 9.47 Å². The Labute approximate surface area is 155 Å². The minimum atomic E-state index is 0.248. The minimum absolute atomic E-state index is 0.248. The Bertz CT molecular complexity index is 828. The van der Waals surface area contributed by atoms with Crippen molar-refractivity contribution in [2.45, 2.75) is 59.5 Å². The Morgan fingerprint density at radius 1 is 1.35 bits per heavy atom. The number of fused-ring (bicyclic) bond motifs is 1. The van der Waals surface area contributed by atoms with Crippen LogP contribution in [0.1, 0.15) is 50.1 Å². The fourth-order valence-corrected chi connectivity index (χ4v) is 3.90. The summed E-state index contributed by atoms with van der Waals surface area (Å²) in [4.78, 5) is 19.3. The van der Waals surface area contributed by atoms with E-state index in [0.717, 1.165) is 36.9 Å². The number of carbonyl (C=O) groups excluding carboxylic acids is 1. The molecule has 0 saturated heterocycles. The van der Waals surface area contributed by atoms with E-state index in [1.54, 1.807) is 0 Å². The highest BCUT2D eigenvalue weighted by Gasteiger charge is 2.30. The highest BCUT2D eigenvalue weighted by Crippen LogP contribution is 2.35. The van der Waals surface area contributed by atoms with Gasteiger partial charge in [0.2, 0.25) is 5.91 Å². The summed E-state index contributed by atoms with van der Waals surface area (Å²) >= 11 is 0. The lowest BCUT2D eigenvalue weighted by atomic mass is 10.0. The fraction of sp³-hybridized carbons (Fsp3) is 0.650. The van der Waals surface area contributed by atoms with Crippen molar-refractivity contribution in [3.05, 3.63) is 23.1 Å². The van der Waals surface area contributed by atoms with E-state index in [0.29, 0.717) is 18.9 Å². The van der Waals surface area contributed by atoms with Crippen molar-refractivity contribution in [2.24, 2.45) is 18.9 Å². The van der Waals surface area contributed by atoms with Crippen molar-refractivity contribution in [3.63, 3.8) is 0 Å². The van der Waals surface area contributed by atoms with Crippen LogP contribution in [0.5, 0.6) is 0 Å². The monoisotopic (exact) mass is 355 g/mol. The number of carbonyl (C=O) groups is 1. The summed E-state index contributed by atoms with van der Waals surface area (Å²) in [6.07, 6.45) is 6.05. The molecule has 1 aliphatic carbocycles. The third-order valence-electron chi connectivity index (χ3n) is 5.58. The molecule has 1 saturated carbocycles. The first-order valence-electron chi connectivity index (χ1n) is 9.79. The maximum Gasteiger partial charge on any atom is 0.223 e. The van der Waals surface area contributed by atoms with E-state index >= 15 is 0 Å². The topological polar surface area (TPSA) is 56.0 Å². The molecule has 140 valence electrons. The van der Waals surface area contributed by atoms with Crippen LogP contribution in [0.3, 0.4) is 0 Å². The Kier molecular flexibility index (Phi) is 4.37. The highest BCUT2D eigenvalue weighted by molar-refractivity contribution is 5.77. The van der Waals surface area contributed by atoms with Gasteiger partial charge in [0.05, 0.1) is 0 Å². The van der Waals surface area contributed by atoms with Crippen LogP contribution in [0.4, 0.5) is 0 Å². The molecule has 6 heteroatoms. The molecule has 2 aromatic heterocycles. The SMILES string of the molecule is Cc1cnc(-c2nn(C)c3c2CN(C(=O)CC(C)C)CC3)n1CC1CC1. The maximum absolute atomic E-state index is 12.6. The van der Waals surface area contributed by atoms with Crippen LogP contribution < -0.4 is 0 Å². The Hall–Kier alpha value is -2.11. The second-order valence-electron chi connectivity index (χ2n) is 8.34. The van der Waals surface area contributed by atoms with Gasteiger partial charge in [-0.1, -0.05) is 13.8 Å². The van der Waals surface area contributed by atoms with Crippen molar-refractivity contribution in [1.82, 2.24) is 24.2 Å². The first kappa shape index (κ1) is 17.3. The lowest BCUT2D eigenvalue weighted by Crippen LogP contribution is -2.36. The molecule has 3 heterocycles. The molecule has 0 unspecified atom stereocenters. The third kappa shape index (κ3) is 3.17. The number of hydrogen-bond acceptors (Lipinski definition) is 3. The summed E-state index contributed by atoms with van der Waals surface area (Å²) in [6, 6.07) is 0. The number of nitrogens with zero attached hydrogens (tertiary/aromatic N) is 5. The summed E-state index contributed by atoms with van der Waals surface area (Å²) in [5.41, 5.74) is 4.57. The van der Waals surface area contributed by atoms with Crippen molar-refractivity contribution in [2.75, 3.05) is 6.54 Å². The molecule has 0 N–H and O–H groups in total. The largest absolute Gasteiger partial charge is 0.338 e. The number of aromatic nitrogens is 4. The Morgan fingerprint density at radius 3 is 2.81 bits per heavy atom. The van der Waals surface area contributed by atoms with Crippen molar-refractivity contribution in [1.29, 1.82) is 0 Å². The number of amides is 1.